The quantitative estimate of drug-likeness (QED) is 0.424. The minimum absolute atomic E-state index is 0. The van der Waals surface area contributed by atoms with Crippen molar-refractivity contribution >= 4 is 23.5 Å². The van der Waals surface area contributed by atoms with Gasteiger partial charge in [-0.1, -0.05) is 20.8 Å². The van der Waals surface area contributed by atoms with Crippen molar-refractivity contribution in [3.63, 3.8) is 0 Å². The van der Waals surface area contributed by atoms with E-state index in [1.54, 1.807) is 0 Å². The Morgan fingerprint density at radius 1 is 0.739 bits per heavy atom. The van der Waals surface area contributed by atoms with Crippen LogP contribution >= 0.6 is 0 Å². The van der Waals surface area contributed by atoms with E-state index in [9.17, 15) is 29.4 Å². The zero-order chi connectivity index (χ0) is 18.0. The van der Waals surface area contributed by atoms with Gasteiger partial charge in [0, 0.05) is 44.2 Å². The number of ketones is 2. The van der Waals surface area contributed by atoms with Gasteiger partial charge in [0.15, 0.2) is 0 Å². The summed E-state index contributed by atoms with van der Waals surface area (Å²) in [5, 5.41) is 27.4. The molecule has 23 heavy (non-hydrogen) atoms. The van der Waals surface area contributed by atoms with Crippen molar-refractivity contribution < 1.29 is 56.2 Å². The number of aliphatic carboxylic acids is 2. The Kier molecular flexibility index (Phi) is 30.2. The third-order valence-corrected chi connectivity index (χ3v) is 1.96. The third-order valence-electron chi connectivity index (χ3n) is 1.96. The first-order chi connectivity index (χ1) is 10.2. The van der Waals surface area contributed by atoms with E-state index in [0.717, 1.165) is 6.42 Å². The summed E-state index contributed by atoms with van der Waals surface area (Å²) in [7, 11) is 0. The molecular weight excluding hydrogens is 340 g/mol. The van der Waals surface area contributed by atoms with Crippen LogP contribution in [-0.2, 0) is 40.9 Å². The van der Waals surface area contributed by atoms with Gasteiger partial charge in [0.2, 0.25) is 0 Å². The first kappa shape index (κ1) is 29.9. The maximum atomic E-state index is 10.4. The average Bonchev–Trinajstić information content (AvgIpc) is 2.38. The van der Waals surface area contributed by atoms with Crippen LogP contribution in [0.15, 0.2) is 0 Å². The molecule has 0 rings (SSSR count). The van der Waals surface area contributed by atoms with Crippen LogP contribution in [0.1, 0.15) is 65.7 Å². The zero-order valence-corrected chi connectivity index (χ0v) is 15.6. The molecule has 0 amide bonds. The molecule has 0 heterocycles. The van der Waals surface area contributed by atoms with E-state index in [4.69, 9.17) is 5.11 Å². The molecule has 0 saturated heterocycles. The van der Waals surface area contributed by atoms with Crippen LogP contribution in [0.3, 0.4) is 0 Å². The molecule has 1 N–H and O–H groups in total. The van der Waals surface area contributed by atoms with E-state index in [1.807, 2.05) is 20.8 Å². The second kappa shape index (κ2) is 23.2. The van der Waals surface area contributed by atoms with Crippen LogP contribution < -0.4 is 10.2 Å². The van der Waals surface area contributed by atoms with Gasteiger partial charge < -0.3 is 24.9 Å². The predicted molar refractivity (Wildman–Crippen MR) is 76.5 cm³/mol. The molecule has 0 fully saturated rings. The number of rotatable bonds is 9. The smallest absolute Gasteiger partial charge is 0.550 e. The average molecular weight is 366 g/mol. The van der Waals surface area contributed by atoms with E-state index in [1.165, 1.54) is 0 Å². The number of carboxylic acid groups (broad SMARTS) is 2. The standard InChI is InChI=1S/2C6H10O3.C3H8O.Ti/c2*1-2-3-5(7)4-6(8)9;1-2-3-4;/h2*2-4H2,1H3,(H,8,9);4H,2-3H2,1H3;/q;;;+2/p-2. The molecule has 0 bridgehead atoms. The largest absolute Gasteiger partial charge is 2.00 e. The molecule has 0 aromatic heterocycles. The number of Topliss-reactive ketones (excluding diaryl/α,β-unsaturated/α-hetero) is 2. The Morgan fingerprint density at radius 2 is 1.00 bits per heavy atom. The normalized spacial score (nSPS) is 8.35. The van der Waals surface area contributed by atoms with E-state index in [0.29, 0.717) is 32.3 Å². The van der Waals surface area contributed by atoms with Gasteiger partial charge >= 0.3 is 21.7 Å². The molecule has 0 saturated carbocycles. The molecule has 0 radical (unpaired) electrons. The fraction of sp³-hybridized carbons (Fsp3) is 0.733. The first-order valence-electron chi connectivity index (χ1n) is 7.28. The summed E-state index contributed by atoms with van der Waals surface area (Å²) in [5.41, 5.74) is 0. The van der Waals surface area contributed by atoms with Gasteiger partial charge in [-0.15, -0.1) is 0 Å². The molecule has 0 aliphatic carbocycles. The van der Waals surface area contributed by atoms with Gasteiger partial charge in [0.25, 0.3) is 0 Å². The minimum atomic E-state index is -1.28. The van der Waals surface area contributed by atoms with Gasteiger partial charge in [-0.25, -0.2) is 0 Å². The second-order valence-corrected chi connectivity index (χ2v) is 4.40. The summed E-state index contributed by atoms with van der Waals surface area (Å²) >= 11 is 0. The van der Waals surface area contributed by atoms with E-state index < -0.39 is 24.8 Å². The molecular formula is C15H26O7Ti. The van der Waals surface area contributed by atoms with Crippen LogP contribution in [0, 0.1) is 0 Å². The molecule has 0 aliphatic heterocycles. The molecule has 7 nitrogen and oxygen atoms in total. The molecule has 0 unspecified atom stereocenters. The first-order valence-corrected chi connectivity index (χ1v) is 7.28. The fourth-order valence-electron chi connectivity index (χ4n) is 1.06. The molecule has 0 aromatic rings. The Morgan fingerprint density at radius 3 is 1.13 bits per heavy atom. The summed E-state index contributed by atoms with van der Waals surface area (Å²) < 4.78 is 0. The fourth-order valence-corrected chi connectivity index (χ4v) is 1.06. The third kappa shape index (κ3) is 38.7. The summed E-state index contributed by atoms with van der Waals surface area (Å²) in [6, 6.07) is 0. The number of aliphatic hydroxyl groups is 1. The van der Waals surface area contributed by atoms with Crippen LogP contribution in [0.25, 0.3) is 0 Å². The number of carboxylic acids is 2. The molecule has 0 spiro atoms. The van der Waals surface area contributed by atoms with Crippen molar-refractivity contribution in [1.29, 1.82) is 0 Å². The van der Waals surface area contributed by atoms with Crippen molar-refractivity contribution in [3.8, 4) is 0 Å². The molecule has 8 heteroatoms. The van der Waals surface area contributed by atoms with E-state index in [2.05, 4.69) is 0 Å². The van der Waals surface area contributed by atoms with Gasteiger partial charge in [0.05, 0.1) is 0 Å². The monoisotopic (exact) mass is 366 g/mol. The van der Waals surface area contributed by atoms with E-state index in [-0.39, 0.29) is 33.3 Å². The van der Waals surface area contributed by atoms with Crippen molar-refractivity contribution in [2.24, 2.45) is 0 Å². The SMILES string of the molecule is CCCC(=O)CC(=O)[O-].CCCC(=O)CC(=O)[O-].CCCO.[Ti+2]. The maximum absolute atomic E-state index is 10.4. The molecule has 132 valence electrons. The number of hydrogen-bond acceptors (Lipinski definition) is 7. The van der Waals surface area contributed by atoms with Crippen LogP contribution in [-0.4, -0.2) is 35.2 Å². The number of carbonyl (C=O) groups excluding carboxylic acids is 4. The summed E-state index contributed by atoms with van der Waals surface area (Å²) in [4.78, 5) is 40.4. The predicted octanol–water partition coefficient (Wildman–Crippen LogP) is -0.623. The zero-order valence-electron chi connectivity index (χ0n) is 14.1. The van der Waals surface area contributed by atoms with Crippen LogP contribution in [0.2, 0.25) is 0 Å². The summed E-state index contributed by atoms with van der Waals surface area (Å²) in [5.74, 6) is -3.07. The Bertz CT molecular complexity index is 298. The van der Waals surface area contributed by atoms with Crippen LogP contribution in [0.4, 0.5) is 0 Å². The summed E-state index contributed by atoms with van der Waals surface area (Å²) in [6.07, 6.45) is 2.09. The van der Waals surface area contributed by atoms with Gasteiger partial charge in [-0.3, -0.25) is 9.59 Å². The number of aliphatic hydroxyl groups excluding tert-OH is 1. The van der Waals surface area contributed by atoms with Crippen LogP contribution in [0.5, 0.6) is 0 Å². The Hall–Kier alpha value is -1.05. The van der Waals surface area contributed by atoms with Crippen molar-refractivity contribution in [2.45, 2.75) is 65.7 Å². The van der Waals surface area contributed by atoms with Crippen molar-refractivity contribution in [2.75, 3.05) is 6.61 Å². The van der Waals surface area contributed by atoms with Gasteiger partial charge in [-0.2, -0.15) is 0 Å². The second-order valence-electron chi connectivity index (χ2n) is 4.40. The molecule has 0 aliphatic rings. The topological polar surface area (TPSA) is 135 Å². The minimum Gasteiger partial charge on any atom is -0.550 e. The van der Waals surface area contributed by atoms with Gasteiger partial charge in [-0.05, 0) is 19.3 Å². The molecule has 0 atom stereocenters. The number of carbonyl (C=O) groups is 4. The molecule has 0 aromatic carbocycles. The van der Waals surface area contributed by atoms with Gasteiger partial charge in [0.1, 0.15) is 11.6 Å². The van der Waals surface area contributed by atoms with E-state index >= 15 is 0 Å². The Labute approximate surface area is 152 Å². The summed E-state index contributed by atoms with van der Waals surface area (Å²) in [6.45, 7) is 5.90. The maximum Gasteiger partial charge on any atom is 2.00 e. The van der Waals surface area contributed by atoms with Crippen molar-refractivity contribution in [1.82, 2.24) is 0 Å². The Balaban J connectivity index is -0.000000124. The number of hydrogen-bond donors (Lipinski definition) is 1. The van der Waals surface area contributed by atoms with Crippen molar-refractivity contribution in [3.05, 3.63) is 0 Å².